The summed E-state index contributed by atoms with van der Waals surface area (Å²) in [5.74, 6) is 2.83. The quantitative estimate of drug-likeness (QED) is 0.886. The van der Waals surface area contributed by atoms with Crippen LogP contribution in [0.4, 0.5) is 5.69 Å². The molecule has 0 bridgehead atoms. The minimum Gasteiger partial charge on any atom is -0.385 e. The van der Waals surface area contributed by atoms with Crippen molar-refractivity contribution in [1.82, 2.24) is 0 Å². The van der Waals surface area contributed by atoms with Gasteiger partial charge in [-0.25, -0.2) is 0 Å². The second-order valence-corrected chi connectivity index (χ2v) is 6.38. The maximum absolute atomic E-state index is 8.89. The molecule has 2 aliphatic rings. The van der Waals surface area contributed by atoms with Crippen LogP contribution in [0.3, 0.4) is 0 Å². The Balaban J connectivity index is 1.62. The number of hydrogen-bond donors (Lipinski definition) is 1. The van der Waals surface area contributed by atoms with Crippen molar-refractivity contribution >= 4 is 21.6 Å². The number of anilines is 1. The first-order chi connectivity index (χ1) is 8.78. The molecule has 0 aliphatic heterocycles. The molecule has 1 aromatic rings. The van der Waals surface area contributed by atoms with Crippen LogP contribution in [0.1, 0.15) is 31.2 Å². The van der Waals surface area contributed by atoms with Crippen molar-refractivity contribution in [2.75, 3.05) is 11.9 Å². The van der Waals surface area contributed by atoms with E-state index in [2.05, 4.69) is 27.3 Å². The van der Waals surface area contributed by atoms with Gasteiger partial charge in [-0.05, 0) is 77.6 Å². The van der Waals surface area contributed by atoms with Gasteiger partial charge in [-0.3, -0.25) is 0 Å². The molecule has 0 aromatic heterocycles. The maximum atomic E-state index is 8.89. The molecule has 3 heteroatoms. The van der Waals surface area contributed by atoms with E-state index in [9.17, 15) is 0 Å². The van der Waals surface area contributed by atoms with Gasteiger partial charge in [-0.1, -0.05) is 0 Å². The second kappa shape index (κ2) is 4.93. The smallest absolute Gasteiger partial charge is 0.100 e. The Kier molecular flexibility index (Phi) is 3.30. The van der Waals surface area contributed by atoms with Gasteiger partial charge in [-0.15, -0.1) is 0 Å². The van der Waals surface area contributed by atoms with Gasteiger partial charge < -0.3 is 5.32 Å². The van der Waals surface area contributed by atoms with Gasteiger partial charge in [0.25, 0.3) is 0 Å². The topological polar surface area (TPSA) is 35.8 Å². The summed E-state index contributed by atoms with van der Waals surface area (Å²) in [7, 11) is 0. The van der Waals surface area contributed by atoms with E-state index in [1.54, 1.807) is 0 Å². The average Bonchev–Trinajstić information content (AvgIpc) is 3.24. The first kappa shape index (κ1) is 12.0. The Morgan fingerprint density at radius 3 is 2.44 bits per heavy atom. The van der Waals surface area contributed by atoms with E-state index in [-0.39, 0.29) is 0 Å². The monoisotopic (exact) mass is 304 g/mol. The Hall–Kier alpha value is -1.01. The van der Waals surface area contributed by atoms with E-state index in [0.717, 1.165) is 34.5 Å². The lowest BCUT2D eigenvalue weighted by Gasteiger charge is -2.17. The van der Waals surface area contributed by atoms with Crippen LogP contribution >= 0.6 is 15.9 Å². The Bertz CT molecular complexity index is 472. The zero-order valence-corrected chi connectivity index (χ0v) is 11.9. The predicted molar refractivity (Wildman–Crippen MR) is 76.3 cm³/mol. The third-order valence-electron chi connectivity index (χ3n) is 4.09. The predicted octanol–water partition coefficient (Wildman–Crippen LogP) is 4.17. The zero-order valence-electron chi connectivity index (χ0n) is 10.3. The fourth-order valence-electron chi connectivity index (χ4n) is 2.72. The van der Waals surface area contributed by atoms with Crippen LogP contribution in [0.15, 0.2) is 22.7 Å². The fourth-order valence-corrected chi connectivity index (χ4v) is 3.19. The molecule has 0 radical (unpaired) electrons. The molecule has 0 atom stereocenters. The van der Waals surface area contributed by atoms with E-state index in [0.29, 0.717) is 5.56 Å². The highest BCUT2D eigenvalue weighted by Crippen LogP contribution is 2.49. The van der Waals surface area contributed by atoms with E-state index in [1.165, 1.54) is 25.7 Å². The van der Waals surface area contributed by atoms with Crippen LogP contribution < -0.4 is 5.32 Å². The molecule has 1 aromatic carbocycles. The van der Waals surface area contributed by atoms with Crippen LogP contribution in [-0.4, -0.2) is 6.54 Å². The highest BCUT2D eigenvalue weighted by atomic mass is 79.9. The van der Waals surface area contributed by atoms with Crippen molar-refractivity contribution in [2.45, 2.75) is 25.7 Å². The molecule has 1 N–H and O–H groups in total. The molecular weight excluding hydrogens is 288 g/mol. The number of rotatable bonds is 5. The molecule has 2 aliphatic carbocycles. The standard InChI is InChI=1S/C15H17BrN2/c16-15-7-13(6-5-12(15)8-17)18-9-14(10-1-2-10)11-3-4-11/h5-7,10-11,14,18H,1-4,9H2. The van der Waals surface area contributed by atoms with Gasteiger partial charge in [0.1, 0.15) is 6.07 Å². The number of hydrogen-bond acceptors (Lipinski definition) is 2. The highest BCUT2D eigenvalue weighted by Gasteiger charge is 2.40. The molecule has 94 valence electrons. The molecular formula is C15H17BrN2. The summed E-state index contributed by atoms with van der Waals surface area (Å²) in [5.41, 5.74) is 1.81. The first-order valence-electron chi connectivity index (χ1n) is 6.71. The summed E-state index contributed by atoms with van der Waals surface area (Å²) < 4.78 is 0.879. The van der Waals surface area contributed by atoms with E-state index in [4.69, 9.17) is 5.26 Å². The van der Waals surface area contributed by atoms with E-state index >= 15 is 0 Å². The summed E-state index contributed by atoms with van der Waals surface area (Å²) >= 11 is 3.43. The minimum atomic E-state index is 0.696. The van der Waals surface area contributed by atoms with Gasteiger partial charge in [-0.2, -0.15) is 5.26 Å². The molecule has 0 unspecified atom stereocenters. The van der Waals surface area contributed by atoms with Crippen molar-refractivity contribution in [1.29, 1.82) is 5.26 Å². The number of nitriles is 1. The fraction of sp³-hybridized carbons (Fsp3) is 0.533. The van der Waals surface area contributed by atoms with Crippen LogP contribution in [0.25, 0.3) is 0 Å². The Morgan fingerprint density at radius 2 is 1.94 bits per heavy atom. The molecule has 2 fully saturated rings. The summed E-state index contributed by atoms with van der Waals surface area (Å²) in [6.45, 7) is 1.09. The van der Waals surface area contributed by atoms with Crippen molar-refractivity contribution in [2.24, 2.45) is 17.8 Å². The van der Waals surface area contributed by atoms with Crippen LogP contribution in [0.5, 0.6) is 0 Å². The van der Waals surface area contributed by atoms with Crippen molar-refractivity contribution < 1.29 is 0 Å². The Labute approximate surface area is 117 Å². The van der Waals surface area contributed by atoms with Crippen LogP contribution in [-0.2, 0) is 0 Å². The van der Waals surface area contributed by atoms with Gasteiger partial charge in [0.2, 0.25) is 0 Å². The van der Waals surface area contributed by atoms with Crippen molar-refractivity contribution in [3.8, 4) is 6.07 Å². The molecule has 18 heavy (non-hydrogen) atoms. The number of nitrogens with one attached hydrogen (secondary N) is 1. The SMILES string of the molecule is N#Cc1ccc(NCC(C2CC2)C2CC2)cc1Br. The van der Waals surface area contributed by atoms with E-state index in [1.807, 2.05) is 18.2 Å². The summed E-state index contributed by atoms with van der Waals surface area (Å²) in [4.78, 5) is 0. The summed E-state index contributed by atoms with van der Waals surface area (Å²) in [6, 6.07) is 8.05. The largest absolute Gasteiger partial charge is 0.385 e. The molecule has 0 heterocycles. The van der Waals surface area contributed by atoms with Crippen molar-refractivity contribution in [3.63, 3.8) is 0 Å². The second-order valence-electron chi connectivity index (χ2n) is 5.53. The average molecular weight is 305 g/mol. The number of halogens is 1. The lowest BCUT2D eigenvalue weighted by molar-refractivity contribution is 0.428. The first-order valence-corrected chi connectivity index (χ1v) is 7.51. The van der Waals surface area contributed by atoms with Gasteiger partial charge in [0, 0.05) is 16.7 Å². The van der Waals surface area contributed by atoms with Crippen molar-refractivity contribution in [3.05, 3.63) is 28.2 Å². The molecule has 2 nitrogen and oxygen atoms in total. The lowest BCUT2D eigenvalue weighted by atomic mass is 9.98. The van der Waals surface area contributed by atoms with Gasteiger partial charge >= 0.3 is 0 Å². The van der Waals surface area contributed by atoms with Crippen LogP contribution in [0.2, 0.25) is 0 Å². The lowest BCUT2D eigenvalue weighted by Crippen LogP contribution is -2.18. The number of benzene rings is 1. The highest BCUT2D eigenvalue weighted by molar-refractivity contribution is 9.10. The summed E-state index contributed by atoms with van der Waals surface area (Å²) in [5, 5.41) is 12.4. The third-order valence-corrected chi connectivity index (χ3v) is 4.74. The zero-order chi connectivity index (χ0) is 12.5. The Morgan fingerprint density at radius 1 is 1.28 bits per heavy atom. The normalized spacial score (nSPS) is 18.7. The molecule has 3 rings (SSSR count). The molecule has 0 spiro atoms. The van der Waals surface area contributed by atoms with Gasteiger partial charge in [0.05, 0.1) is 5.56 Å². The minimum absolute atomic E-state index is 0.696. The molecule has 2 saturated carbocycles. The molecule has 0 saturated heterocycles. The molecule has 0 amide bonds. The third kappa shape index (κ3) is 2.70. The van der Waals surface area contributed by atoms with Crippen LogP contribution in [0, 0.1) is 29.1 Å². The maximum Gasteiger partial charge on any atom is 0.100 e. The summed E-state index contributed by atoms with van der Waals surface area (Å²) in [6.07, 6.45) is 5.72. The number of nitrogens with zero attached hydrogens (tertiary/aromatic N) is 1. The van der Waals surface area contributed by atoms with E-state index < -0.39 is 0 Å². The van der Waals surface area contributed by atoms with Gasteiger partial charge in [0.15, 0.2) is 0 Å².